The van der Waals surface area contributed by atoms with Gasteiger partial charge in [-0.05, 0) is 48.9 Å². The normalized spacial score (nSPS) is 12.2. The Kier molecular flexibility index (Phi) is 6.09. The molecule has 2 rings (SSSR count). The molecule has 0 bridgehead atoms. The molecule has 0 radical (unpaired) electrons. The summed E-state index contributed by atoms with van der Waals surface area (Å²) in [6, 6.07) is 14.1. The first-order chi connectivity index (χ1) is 10.1. The smallest absolute Gasteiger partial charge is 0.146 e. The molecule has 0 aliphatic heterocycles. The molecule has 0 aliphatic carbocycles. The van der Waals surface area contributed by atoms with E-state index >= 15 is 0 Å². The topological polar surface area (TPSA) is 21.3 Å². The average molecular weight is 369 g/mol. The third-order valence-corrected chi connectivity index (χ3v) is 4.03. The zero-order chi connectivity index (χ0) is 15.2. The molecule has 0 saturated carbocycles. The number of rotatable bonds is 6. The van der Waals surface area contributed by atoms with E-state index in [1.165, 1.54) is 5.56 Å². The van der Waals surface area contributed by atoms with Crippen LogP contribution in [0.25, 0.3) is 0 Å². The molecule has 112 valence electrons. The van der Waals surface area contributed by atoms with Gasteiger partial charge in [0.15, 0.2) is 0 Å². The van der Waals surface area contributed by atoms with E-state index in [2.05, 4.69) is 47.2 Å². The van der Waals surface area contributed by atoms with Gasteiger partial charge in [0.05, 0.1) is 5.02 Å². The highest BCUT2D eigenvalue weighted by Crippen LogP contribution is 2.32. The maximum atomic E-state index is 6.19. The molecule has 1 N–H and O–H groups in total. The van der Waals surface area contributed by atoms with Crippen LogP contribution in [0.5, 0.6) is 11.5 Å². The van der Waals surface area contributed by atoms with Gasteiger partial charge in [0.2, 0.25) is 0 Å². The minimum Gasteiger partial charge on any atom is -0.456 e. The lowest BCUT2D eigenvalue weighted by atomic mass is 10.0. The van der Waals surface area contributed by atoms with Gasteiger partial charge in [0.1, 0.15) is 11.5 Å². The Labute approximate surface area is 139 Å². The van der Waals surface area contributed by atoms with E-state index in [0.717, 1.165) is 23.2 Å². The Balaban J connectivity index is 2.21. The van der Waals surface area contributed by atoms with Crippen LogP contribution in [0.2, 0.25) is 5.02 Å². The lowest BCUT2D eigenvalue weighted by Crippen LogP contribution is -2.19. The minimum absolute atomic E-state index is 0.346. The number of hydrogen-bond acceptors (Lipinski definition) is 2. The van der Waals surface area contributed by atoms with Gasteiger partial charge >= 0.3 is 0 Å². The van der Waals surface area contributed by atoms with Crippen molar-refractivity contribution in [1.82, 2.24) is 5.32 Å². The monoisotopic (exact) mass is 367 g/mol. The fraction of sp³-hybridized carbons (Fsp3) is 0.294. The second-order valence-corrected chi connectivity index (χ2v) is 6.09. The van der Waals surface area contributed by atoms with E-state index in [4.69, 9.17) is 16.3 Å². The van der Waals surface area contributed by atoms with E-state index in [1.54, 1.807) is 0 Å². The number of halogens is 2. The predicted molar refractivity (Wildman–Crippen MR) is 92.4 cm³/mol. The summed E-state index contributed by atoms with van der Waals surface area (Å²) in [5, 5.41) is 4.06. The van der Waals surface area contributed by atoms with Gasteiger partial charge in [-0.1, -0.05) is 53.5 Å². The van der Waals surface area contributed by atoms with E-state index < -0.39 is 0 Å². The van der Waals surface area contributed by atoms with Crippen molar-refractivity contribution in [3.8, 4) is 11.5 Å². The first-order valence-electron chi connectivity index (χ1n) is 7.10. The third-order valence-electron chi connectivity index (χ3n) is 3.24. The highest BCUT2D eigenvalue weighted by atomic mass is 79.9. The molecule has 0 aromatic heterocycles. The molecule has 1 atom stereocenters. The van der Waals surface area contributed by atoms with E-state index in [1.807, 2.05) is 30.3 Å². The minimum atomic E-state index is 0.346. The average Bonchev–Trinajstić information content (AvgIpc) is 2.48. The number of nitrogens with one attached hydrogen (secondary N) is 1. The van der Waals surface area contributed by atoms with E-state index in [9.17, 15) is 0 Å². The van der Waals surface area contributed by atoms with Gasteiger partial charge in [0, 0.05) is 10.5 Å². The molecule has 2 aromatic rings. The molecule has 0 heterocycles. The molecule has 4 heteroatoms. The van der Waals surface area contributed by atoms with Gasteiger partial charge in [0.25, 0.3) is 0 Å². The molecule has 1 unspecified atom stereocenters. The predicted octanol–water partition coefficient (Wildman–Crippen LogP) is 5.96. The highest BCUT2D eigenvalue weighted by molar-refractivity contribution is 9.10. The second-order valence-electron chi connectivity index (χ2n) is 4.77. The van der Waals surface area contributed by atoms with Crippen LogP contribution in [0, 0.1) is 0 Å². The van der Waals surface area contributed by atoms with Crippen molar-refractivity contribution >= 4 is 27.5 Å². The number of benzene rings is 2. The summed E-state index contributed by atoms with van der Waals surface area (Å²) in [7, 11) is 0. The SMILES string of the molecule is CCNC(CC)c1cccc(Oc2ccc(Br)cc2Cl)c1. The van der Waals surface area contributed by atoms with Crippen LogP contribution in [0.15, 0.2) is 46.9 Å². The Morgan fingerprint density at radius 1 is 1.19 bits per heavy atom. The quantitative estimate of drug-likeness (QED) is 0.679. The van der Waals surface area contributed by atoms with Crippen LogP contribution in [0.4, 0.5) is 0 Å². The zero-order valence-electron chi connectivity index (χ0n) is 12.2. The fourth-order valence-electron chi connectivity index (χ4n) is 2.22. The van der Waals surface area contributed by atoms with E-state index in [-0.39, 0.29) is 0 Å². The lowest BCUT2D eigenvalue weighted by Gasteiger charge is -2.17. The van der Waals surface area contributed by atoms with Crippen LogP contribution in [-0.4, -0.2) is 6.54 Å². The molecule has 0 amide bonds. The van der Waals surface area contributed by atoms with Crippen LogP contribution < -0.4 is 10.1 Å². The number of ether oxygens (including phenoxy) is 1. The molecule has 2 aromatic carbocycles. The summed E-state index contributed by atoms with van der Waals surface area (Å²) in [4.78, 5) is 0. The van der Waals surface area contributed by atoms with Crippen LogP contribution in [0.3, 0.4) is 0 Å². The van der Waals surface area contributed by atoms with Crippen molar-refractivity contribution in [3.63, 3.8) is 0 Å². The Hall–Kier alpha value is -1.03. The van der Waals surface area contributed by atoms with Crippen LogP contribution in [-0.2, 0) is 0 Å². The summed E-state index contributed by atoms with van der Waals surface area (Å²) < 4.78 is 6.83. The lowest BCUT2D eigenvalue weighted by molar-refractivity contribution is 0.477. The van der Waals surface area contributed by atoms with Crippen LogP contribution in [0.1, 0.15) is 31.9 Å². The largest absolute Gasteiger partial charge is 0.456 e. The summed E-state index contributed by atoms with van der Waals surface area (Å²) in [5.74, 6) is 1.46. The molecule has 0 aliphatic rings. The summed E-state index contributed by atoms with van der Waals surface area (Å²) in [5.41, 5.74) is 1.23. The summed E-state index contributed by atoms with van der Waals surface area (Å²) >= 11 is 9.58. The first-order valence-corrected chi connectivity index (χ1v) is 8.27. The van der Waals surface area contributed by atoms with Gasteiger partial charge in [-0.3, -0.25) is 0 Å². The molecule has 0 spiro atoms. The van der Waals surface area contributed by atoms with Gasteiger partial charge in [-0.2, -0.15) is 0 Å². The Morgan fingerprint density at radius 3 is 2.67 bits per heavy atom. The Bertz CT molecular complexity index is 603. The van der Waals surface area contributed by atoms with Gasteiger partial charge < -0.3 is 10.1 Å². The second kappa shape index (κ2) is 7.83. The first kappa shape index (κ1) is 16.3. The van der Waals surface area contributed by atoms with Crippen molar-refractivity contribution in [2.24, 2.45) is 0 Å². The summed E-state index contributed by atoms with van der Waals surface area (Å²) in [6.07, 6.45) is 1.04. The van der Waals surface area contributed by atoms with Crippen molar-refractivity contribution in [2.75, 3.05) is 6.54 Å². The summed E-state index contributed by atoms with van der Waals surface area (Å²) in [6.45, 7) is 5.24. The van der Waals surface area contributed by atoms with Gasteiger partial charge in [-0.15, -0.1) is 0 Å². The van der Waals surface area contributed by atoms with E-state index in [0.29, 0.717) is 16.8 Å². The number of hydrogen-bond donors (Lipinski definition) is 1. The fourth-order valence-corrected chi connectivity index (χ4v) is 2.94. The third kappa shape index (κ3) is 4.47. The van der Waals surface area contributed by atoms with Crippen molar-refractivity contribution in [3.05, 3.63) is 57.5 Å². The maximum absolute atomic E-state index is 6.19. The zero-order valence-corrected chi connectivity index (χ0v) is 14.5. The molecule has 0 fully saturated rings. The molecular weight excluding hydrogens is 350 g/mol. The molecular formula is C17H19BrClNO. The standard InChI is InChI=1S/C17H19BrClNO/c1-3-16(20-4-2)12-6-5-7-14(10-12)21-17-9-8-13(18)11-15(17)19/h5-11,16,20H,3-4H2,1-2H3. The maximum Gasteiger partial charge on any atom is 0.146 e. The Morgan fingerprint density at radius 2 is 2.00 bits per heavy atom. The highest BCUT2D eigenvalue weighted by Gasteiger charge is 2.09. The van der Waals surface area contributed by atoms with Gasteiger partial charge in [-0.25, -0.2) is 0 Å². The molecule has 0 saturated heterocycles. The molecule has 21 heavy (non-hydrogen) atoms. The van der Waals surface area contributed by atoms with Crippen molar-refractivity contribution < 1.29 is 4.74 Å². The van der Waals surface area contributed by atoms with Crippen molar-refractivity contribution in [2.45, 2.75) is 26.3 Å². The van der Waals surface area contributed by atoms with Crippen LogP contribution >= 0.6 is 27.5 Å². The molecule has 2 nitrogen and oxygen atoms in total. The van der Waals surface area contributed by atoms with Crippen molar-refractivity contribution in [1.29, 1.82) is 0 Å².